The van der Waals surface area contributed by atoms with Crippen LogP contribution in [-0.2, 0) is 17.5 Å². The first-order valence-electron chi connectivity index (χ1n) is 7.67. The Morgan fingerprint density at radius 3 is 2.81 bits per heavy atom. The van der Waals surface area contributed by atoms with E-state index in [9.17, 15) is 22.8 Å². The summed E-state index contributed by atoms with van der Waals surface area (Å²) >= 11 is 6.56. The Hall–Kier alpha value is -1.94. The SMILES string of the molecule is CCCCn1c(SCC(=O)Nc2ccc(Cl)cc2C(F)(F)F)n[nH]c1=O. The summed E-state index contributed by atoms with van der Waals surface area (Å²) in [6.07, 6.45) is -3.01. The lowest BCUT2D eigenvalue weighted by Gasteiger charge is -2.14. The third-order valence-electron chi connectivity index (χ3n) is 3.35. The molecule has 1 aromatic carbocycles. The van der Waals surface area contributed by atoms with Crippen molar-refractivity contribution < 1.29 is 18.0 Å². The normalized spacial score (nSPS) is 11.6. The number of aromatic nitrogens is 3. The number of unbranched alkanes of at least 4 members (excludes halogenated alkanes) is 1. The van der Waals surface area contributed by atoms with Gasteiger partial charge in [0.1, 0.15) is 0 Å². The summed E-state index contributed by atoms with van der Waals surface area (Å²) in [5, 5.41) is 8.57. The lowest BCUT2D eigenvalue weighted by Crippen LogP contribution is -2.20. The molecule has 0 aliphatic rings. The molecule has 0 spiro atoms. The second-order valence-corrected chi connectivity index (χ2v) is 6.72. The van der Waals surface area contributed by atoms with Gasteiger partial charge in [-0.15, -0.1) is 5.10 Å². The first-order valence-corrected chi connectivity index (χ1v) is 9.03. The summed E-state index contributed by atoms with van der Waals surface area (Å²) in [4.78, 5) is 23.7. The van der Waals surface area contributed by atoms with E-state index < -0.39 is 23.3 Å². The van der Waals surface area contributed by atoms with Crippen LogP contribution >= 0.6 is 23.4 Å². The van der Waals surface area contributed by atoms with Gasteiger partial charge in [0.2, 0.25) is 5.91 Å². The molecule has 0 aliphatic heterocycles. The molecular formula is C15H16ClF3N4O2S. The van der Waals surface area contributed by atoms with Gasteiger partial charge in [-0.1, -0.05) is 36.7 Å². The van der Waals surface area contributed by atoms with Crippen LogP contribution < -0.4 is 11.0 Å². The molecule has 1 amide bonds. The Morgan fingerprint density at radius 1 is 1.42 bits per heavy atom. The summed E-state index contributed by atoms with van der Waals surface area (Å²) in [6.45, 7) is 2.42. The highest BCUT2D eigenvalue weighted by Gasteiger charge is 2.34. The first kappa shape index (κ1) is 20.4. The minimum Gasteiger partial charge on any atom is -0.325 e. The predicted molar refractivity (Wildman–Crippen MR) is 93.6 cm³/mol. The Balaban J connectivity index is 2.06. The van der Waals surface area contributed by atoms with Crippen LogP contribution in [0.5, 0.6) is 0 Å². The van der Waals surface area contributed by atoms with Crippen molar-refractivity contribution in [2.24, 2.45) is 0 Å². The van der Waals surface area contributed by atoms with Crippen molar-refractivity contribution in [2.45, 2.75) is 37.6 Å². The number of aromatic amines is 1. The molecule has 0 radical (unpaired) electrons. The summed E-state index contributed by atoms with van der Waals surface area (Å²) in [5.74, 6) is -0.851. The molecule has 11 heteroatoms. The number of hydrogen-bond donors (Lipinski definition) is 2. The molecule has 0 unspecified atom stereocenters. The molecule has 0 bridgehead atoms. The number of amides is 1. The number of rotatable bonds is 7. The number of carbonyl (C=O) groups excluding carboxylic acids is 1. The lowest BCUT2D eigenvalue weighted by molar-refractivity contribution is -0.137. The maximum absolute atomic E-state index is 13.0. The first-order chi connectivity index (χ1) is 12.2. The molecular weight excluding hydrogens is 393 g/mol. The molecule has 2 N–H and O–H groups in total. The van der Waals surface area contributed by atoms with Crippen LogP contribution in [0.3, 0.4) is 0 Å². The van der Waals surface area contributed by atoms with Crippen LogP contribution in [0.15, 0.2) is 28.2 Å². The van der Waals surface area contributed by atoms with Crippen LogP contribution in [0, 0.1) is 0 Å². The zero-order chi connectivity index (χ0) is 19.3. The maximum atomic E-state index is 13.0. The fraction of sp³-hybridized carbons (Fsp3) is 0.400. The van der Waals surface area contributed by atoms with Crippen LogP contribution in [0.1, 0.15) is 25.3 Å². The van der Waals surface area contributed by atoms with E-state index in [-0.39, 0.29) is 16.5 Å². The van der Waals surface area contributed by atoms with E-state index in [1.54, 1.807) is 0 Å². The van der Waals surface area contributed by atoms with E-state index in [4.69, 9.17) is 11.6 Å². The second kappa shape index (κ2) is 8.63. The zero-order valence-corrected chi connectivity index (χ0v) is 15.3. The number of anilines is 1. The monoisotopic (exact) mass is 408 g/mol. The van der Waals surface area contributed by atoms with Crippen molar-refractivity contribution in [2.75, 3.05) is 11.1 Å². The number of carbonyl (C=O) groups is 1. The van der Waals surface area contributed by atoms with Gasteiger partial charge in [-0.05, 0) is 24.6 Å². The highest BCUT2D eigenvalue weighted by atomic mass is 35.5. The highest BCUT2D eigenvalue weighted by Crippen LogP contribution is 2.36. The lowest BCUT2D eigenvalue weighted by atomic mass is 10.1. The van der Waals surface area contributed by atoms with Gasteiger partial charge in [-0.2, -0.15) is 13.2 Å². The molecule has 1 heterocycles. The summed E-state index contributed by atoms with van der Waals surface area (Å²) < 4.78 is 40.5. The number of hydrogen-bond acceptors (Lipinski definition) is 4. The molecule has 1 aromatic heterocycles. The van der Waals surface area contributed by atoms with Crippen molar-refractivity contribution >= 4 is 35.0 Å². The van der Waals surface area contributed by atoms with E-state index >= 15 is 0 Å². The van der Waals surface area contributed by atoms with Crippen LogP contribution in [0.2, 0.25) is 5.02 Å². The summed E-state index contributed by atoms with van der Waals surface area (Å²) in [6, 6.07) is 3.11. The number of H-pyrrole nitrogens is 1. The Morgan fingerprint density at radius 2 is 2.15 bits per heavy atom. The van der Waals surface area contributed by atoms with E-state index in [0.29, 0.717) is 11.7 Å². The van der Waals surface area contributed by atoms with Gasteiger partial charge in [0.05, 0.1) is 17.0 Å². The molecule has 0 aliphatic carbocycles. The van der Waals surface area contributed by atoms with Gasteiger partial charge in [-0.25, -0.2) is 9.89 Å². The predicted octanol–water partition coefficient (Wildman–Crippen LogP) is 3.77. The average molecular weight is 409 g/mol. The summed E-state index contributed by atoms with van der Waals surface area (Å²) in [7, 11) is 0. The Kier molecular flexibility index (Phi) is 6.76. The van der Waals surface area contributed by atoms with Gasteiger partial charge in [0, 0.05) is 11.6 Å². The number of halogens is 4. The van der Waals surface area contributed by atoms with E-state index in [1.807, 2.05) is 6.92 Å². The van der Waals surface area contributed by atoms with Crippen LogP contribution in [-0.4, -0.2) is 26.4 Å². The topological polar surface area (TPSA) is 79.8 Å². The molecule has 6 nitrogen and oxygen atoms in total. The fourth-order valence-electron chi connectivity index (χ4n) is 2.10. The quantitative estimate of drug-likeness (QED) is 0.683. The van der Waals surface area contributed by atoms with Gasteiger partial charge < -0.3 is 5.32 Å². The average Bonchev–Trinajstić information content (AvgIpc) is 2.91. The Labute approximate surface area is 156 Å². The smallest absolute Gasteiger partial charge is 0.325 e. The van der Waals surface area contributed by atoms with E-state index in [2.05, 4.69) is 15.5 Å². The van der Waals surface area contributed by atoms with Gasteiger partial charge in [0.25, 0.3) is 0 Å². The van der Waals surface area contributed by atoms with Gasteiger partial charge >= 0.3 is 11.9 Å². The minimum atomic E-state index is -4.65. The third-order valence-corrected chi connectivity index (χ3v) is 4.56. The molecule has 0 atom stereocenters. The van der Waals surface area contributed by atoms with Crippen LogP contribution in [0.25, 0.3) is 0 Å². The number of thioether (sulfide) groups is 1. The standard InChI is InChI=1S/C15H16ClF3N4O2S/c1-2-3-6-23-13(25)21-22-14(23)26-8-12(24)20-11-5-4-9(16)7-10(11)15(17,18)19/h4-5,7H,2-3,6,8H2,1H3,(H,20,24)(H,21,25). The molecule has 2 rings (SSSR count). The van der Waals surface area contributed by atoms with Crippen molar-refractivity contribution in [3.8, 4) is 0 Å². The second-order valence-electron chi connectivity index (χ2n) is 5.34. The van der Waals surface area contributed by atoms with Gasteiger partial charge in [-0.3, -0.25) is 9.36 Å². The molecule has 0 fully saturated rings. The minimum absolute atomic E-state index is 0.0823. The maximum Gasteiger partial charge on any atom is 0.418 e. The number of benzene rings is 1. The molecule has 0 saturated carbocycles. The largest absolute Gasteiger partial charge is 0.418 e. The highest BCUT2D eigenvalue weighted by molar-refractivity contribution is 7.99. The number of alkyl halides is 3. The molecule has 142 valence electrons. The van der Waals surface area contributed by atoms with Crippen LogP contribution in [0.4, 0.5) is 18.9 Å². The van der Waals surface area contributed by atoms with E-state index in [0.717, 1.165) is 36.7 Å². The van der Waals surface area contributed by atoms with E-state index in [1.165, 1.54) is 10.6 Å². The van der Waals surface area contributed by atoms with Crippen molar-refractivity contribution in [1.29, 1.82) is 0 Å². The number of nitrogens with one attached hydrogen (secondary N) is 2. The fourth-order valence-corrected chi connectivity index (χ4v) is 3.05. The van der Waals surface area contributed by atoms with Crippen molar-refractivity contribution in [3.05, 3.63) is 39.3 Å². The number of nitrogens with zero attached hydrogens (tertiary/aromatic N) is 2. The molecule has 2 aromatic rings. The zero-order valence-electron chi connectivity index (χ0n) is 13.7. The molecule has 0 saturated heterocycles. The third kappa shape index (κ3) is 5.28. The molecule has 26 heavy (non-hydrogen) atoms. The summed E-state index contributed by atoms with van der Waals surface area (Å²) in [5.41, 5.74) is -1.79. The van der Waals surface area contributed by atoms with Crippen molar-refractivity contribution in [3.63, 3.8) is 0 Å². The van der Waals surface area contributed by atoms with Crippen molar-refractivity contribution in [1.82, 2.24) is 14.8 Å². The van der Waals surface area contributed by atoms with Gasteiger partial charge in [0.15, 0.2) is 5.16 Å². The Bertz CT molecular complexity index is 835.